The Kier molecular flexibility index (Phi) is 4.90. The number of hydrazone groups is 1. The molecule has 4 rings (SSSR count). The van der Waals surface area contributed by atoms with E-state index in [4.69, 9.17) is 5.10 Å². The highest BCUT2D eigenvalue weighted by Gasteiger charge is 2.30. The molecule has 0 radical (unpaired) electrons. The number of rotatable bonds is 3. The molecule has 2 aromatic carbocycles. The lowest BCUT2D eigenvalue weighted by Crippen LogP contribution is -2.22. The Morgan fingerprint density at radius 2 is 1.60 bits per heavy atom. The second-order valence-electron chi connectivity index (χ2n) is 7.93. The molecule has 0 bridgehead atoms. The van der Waals surface area contributed by atoms with Crippen molar-refractivity contribution in [1.29, 1.82) is 0 Å². The van der Waals surface area contributed by atoms with E-state index in [2.05, 4.69) is 37.1 Å². The third kappa shape index (κ3) is 3.26. The third-order valence-electron chi connectivity index (χ3n) is 5.62. The number of aromatic nitrogens is 2. The Labute approximate surface area is 177 Å². The van der Waals surface area contributed by atoms with E-state index in [9.17, 15) is 4.79 Å². The van der Waals surface area contributed by atoms with Gasteiger partial charge >= 0.3 is 0 Å². The fraction of sp³-hybridized carbons (Fsp3) is 0.240. The largest absolute Gasteiger partial charge is 0.280 e. The fourth-order valence-electron chi connectivity index (χ4n) is 3.93. The highest BCUT2D eigenvalue weighted by molar-refractivity contribution is 6.32. The summed E-state index contributed by atoms with van der Waals surface area (Å²) in [5.41, 5.74) is 9.42. The van der Waals surface area contributed by atoms with E-state index in [0.29, 0.717) is 11.3 Å². The summed E-state index contributed by atoms with van der Waals surface area (Å²) >= 11 is 0. The molecular weight excluding hydrogens is 372 g/mol. The first-order valence-corrected chi connectivity index (χ1v) is 10.1. The van der Waals surface area contributed by atoms with Crippen molar-refractivity contribution in [3.63, 3.8) is 0 Å². The number of carbonyl (C=O) groups excluding carboxylic acids is 1. The van der Waals surface area contributed by atoms with Crippen molar-refractivity contribution in [2.24, 2.45) is 5.10 Å². The molecule has 0 saturated heterocycles. The van der Waals surface area contributed by atoms with E-state index in [1.54, 1.807) is 0 Å². The van der Waals surface area contributed by atoms with Crippen LogP contribution in [0.5, 0.6) is 0 Å². The fourth-order valence-corrected chi connectivity index (χ4v) is 3.93. The summed E-state index contributed by atoms with van der Waals surface area (Å²) in [5, 5.41) is 10.8. The molecule has 2 heterocycles. The van der Waals surface area contributed by atoms with Crippen LogP contribution < -0.4 is 5.01 Å². The highest BCUT2D eigenvalue weighted by Crippen LogP contribution is 2.29. The van der Waals surface area contributed by atoms with Gasteiger partial charge in [-0.05, 0) is 70.9 Å². The summed E-state index contributed by atoms with van der Waals surface area (Å²) < 4.78 is 1.96. The van der Waals surface area contributed by atoms with Crippen LogP contribution >= 0.6 is 0 Å². The first-order chi connectivity index (χ1) is 14.3. The predicted molar refractivity (Wildman–Crippen MR) is 122 cm³/mol. The molecule has 152 valence electrons. The Hall–Kier alpha value is -3.47. The maximum Gasteiger partial charge on any atom is 0.280 e. The van der Waals surface area contributed by atoms with Gasteiger partial charge in [-0.2, -0.15) is 15.2 Å². The zero-order valence-corrected chi connectivity index (χ0v) is 18.3. The summed E-state index contributed by atoms with van der Waals surface area (Å²) in [4.78, 5) is 13.2. The van der Waals surface area contributed by atoms with Gasteiger partial charge in [-0.25, -0.2) is 4.68 Å². The topological polar surface area (TPSA) is 50.5 Å². The monoisotopic (exact) mass is 398 g/mol. The number of aryl methyl sites for hydroxylation is 4. The molecule has 5 heteroatoms. The Bertz CT molecular complexity index is 1230. The standard InChI is InChI=1S/C25H26N4O/c1-15-11-12-24(17(3)13-15)28-20(6)21(18(4)26-28)14-22-19(5)27-29(25(22)30)23-10-8-7-9-16(23)2/h7-14H,1-6H3/b22-14-. The molecule has 0 atom stereocenters. The van der Waals surface area contributed by atoms with Crippen LogP contribution in [0, 0.1) is 34.6 Å². The summed E-state index contributed by atoms with van der Waals surface area (Å²) in [5.74, 6) is -0.111. The van der Waals surface area contributed by atoms with E-state index in [1.807, 2.05) is 62.7 Å². The smallest absolute Gasteiger partial charge is 0.267 e. The number of anilines is 1. The van der Waals surface area contributed by atoms with Gasteiger partial charge in [0.05, 0.1) is 28.4 Å². The van der Waals surface area contributed by atoms with Crippen LogP contribution in [0.25, 0.3) is 11.8 Å². The van der Waals surface area contributed by atoms with Crippen molar-refractivity contribution in [1.82, 2.24) is 9.78 Å². The van der Waals surface area contributed by atoms with Gasteiger partial charge in [-0.15, -0.1) is 0 Å². The first-order valence-electron chi connectivity index (χ1n) is 10.1. The number of para-hydroxylation sites is 1. The third-order valence-corrected chi connectivity index (χ3v) is 5.62. The number of carbonyl (C=O) groups is 1. The molecule has 1 aromatic heterocycles. The van der Waals surface area contributed by atoms with Gasteiger partial charge < -0.3 is 0 Å². The van der Waals surface area contributed by atoms with Gasteiger partial charge in [-0.3, -0.25) is 4.79 Å². The Morgan fingerprint density at radius 3 is 2.30 bits per heavy atom. The van der Waals surface area contributed by atoms with Gasteiger partial charge in [0, 0.05) is 11.3 Å². The molecule has 0 saturated carbocycles. The maximum atomic E-state index is 13.2. The molecule has 0 aliphatic carbocycles. The molecule has 0 unspecified atom stereocenters. The highest BCUT2D eigenvalue weighted by atomic mass is 16.2. The van der Waals surface area contributed by atoms with Crippen molar-refractivity contribution < 1.29 is 4.79 Å². The van der Waals surface area contributed by atoms with E-state index in [0.717, 1.165) is 33.9 Å². The molecule has 1 aliphatic heterocycles. The van der Waals surface area contributed by atoms with Crippen molar-refractivity contribution in [2.75, 3.05) is 5.01 Å². The van der Waals surface area contributed by atoms with Gasteiger partial charge in [0.1, 0.15) is 0 Å². The van der Waals surface area contributed by atoms with Gasteiger partial charge in [-0.1, -0.05) is 35.9 Å². The predicted octanol–water partition coefficient (Wildman–Crippen LogP) is 5.22. The SMILES string of the molecule is CC1=NN(c2ccccc2C)C(=O)/C1=C\c1c(C)nn(-c2ccc(C)cc2C)c1C. The normalized spacial score (nSPS) is 15.3. The molecule has 30 heavy (non-hydrogen) atoms. The zero-order valence-electron chi connectivity index (χ0n) is 18.3. The van der Waals surface area contributed by atoms with Gasteiger partial charge in [0.2, 0.25) is 0 Å². The van der Waals surface area contributed by atoms with Crippen LogP contribution in [-0.2, 0) is 4.79 Å². The summed E-state index contributed by atoms with van der Waals surface area (Å²) in [7, 11) is 0. The van der Waals surface area contributed by atoms with Crippen LogP contribution in [0.3, 0.4) is 0 Å². The lowest BCUT2D eigenvalue weighted by Gasteiger charge is -2.14. The maximum absolute atomic E-state index is 13.2. The minimum Gasteiger partial charge on any atom is -0.267 e. The van der Waals surface area contributed by atoms with E-state index in [1.165, 1.54) is 16.1 Å². The molecule has 0 spiro atoms. The summed E-state index contributed by atoms with van der Waals surface area (Å²) in [6, 6.07) is 14.1. The Balaban J connectivity index is 1.76. The lowest BCUT2D eigenvalue weighted by molar-refractivity contribution is -0.114. The number of nitrogens with zero attached hydrogens (tertiary/aromatic N) is 4. The van der Waals surface area contributed by atoms with Crippen molar-refractivity contribution in [3.05, 3.63) is 81.7 Å². The molecular formula is C25H26N4O. The van der Waals surface area contributed by atoms with Crippen LogP contribution in [-0.4, -0.2) is 21.4 Å². The van der Waals surface area contributed by atoms with Crippen molar-refractivity contribution in [2.45, 2.75) is 41.5 Å². The minimum atomic E-state index is -0.111. The molecule has 3 aromatic rings. The van der Waals surface area contributed by atoms with Gasteiger partial charge in [0.25, 0.3) is 5.91 Å². The second kappa shape index (κ2) is 7.41. The number of hydrogen-bond acceptors (Lipinski definition) is 3. The second-order valence-corrected chi connectivity index (χ2v) is 7.93. The molecule has 1 amide bonds. The molecule has 5 nitrogen and oxygen atoms in total. The van der Waals surface area contributed by atoms with Crippen molar-refractivity contribution in [3.8, 4) is 5.69 Å². The average Bonchev–Trinajstić information content (AvgIpc) is 3.13. The minimum absolute atomic E-state index is 0.111. The van der Waals surface area contributed by atoms with E-state index >= 15 is 0 Å². The number of amides is 1. The summed E-state index contributed by atoms with van der Waals surface area (Å²) in [6.07, 6.45) is 1.93. The quantitative estimate of drug-likeness (QED) is 0.568. The van der Waals surface area contributed by atoms with Crippen LogP contribution in [0.2, 0.25) is 0 Å². The van der Waals surface area contributed by atoms with Crippen LogP contribution in [0.15, 0.2) is 53.1 Å². The zero-order chi connectivity index (χ0) is 21.6. The number of hydrogen-bond donors (Lipinski definition) is 0. The number of benzene rings is 2. The van der Waals surface area contributed by atoms with Crippen LogP contribution in [0.4, 0.5) is 5.69 Å². The molecule has 0 fully saturated rings. The van der Waals surface area contributed by atoms with Crippen molar-refractivity contribution >= 4 is 23.4 Å². The van der Waals surface area contributed by atoms with E-state index in [-0.39, 0.29) is 5.91 Å². The molecule has 1 aliphatic rings. The first kappa shape index (κ1) is 19.8. The lowest BCUT2D eigenvalue weighted by atomic mass is 10.1. The molecule has 0 N–H and O–H groups in total. The Morgan fingerprint density at radius 1 is 0.867 bits per heavy atom. The summed E-state index contributed by atoms with van der Waals surface area (Å²) in [6.45, 7) is 12.1. The van der Waals surface area contributed by atoms with E-state index < -0.39 is 0 Å². The average molecular weight is 399 g/mol. The van der Waals surface area contributed by atoms with Gasteiger partial charge in [0.15, 0.2) is 0 Å². The van der Waals surface area contributed by atoms with Crippen LogP contribution in [0.1, 0.15) is 40.6 Å².